The van der Waals surface area contributed by atoms with Crippen molar-refractivity contribution in [3.05, 3.63) is 0 Å². The molecule has 0 N–H and O–H groups in total. The molecule has 0 heterocycles. The minimum absolute atomic E-state index is 0.0203. The lowest BCUT2D eigenvalue weighted by Crippen LogP contribution is -2.48. The van der Waals surface area contributed by atoms with E-state index in [1.807, 2.05) is 0 Å². The SMILES string of the molecule is CC(C)(C)OCCCCCC[Si@@](C)(C1CC(C[Si](C)(C)C)C2CCCCC21)C1C2CCCCC2C2CCCCC21. The minimum Gasteiger partial charge on any atom is -0.376 e. The minimum atomic E-state index is -1.44. The topological polar surface area (TPSA) is 9.23 Å². The number of unbranched alkanes of at least 4 members (excludes halogenated alkanes) is 3. The van der Waals surface area contributed by atoms with Gasteiger partial charge in [-0.15, -0.1) is 0 Å². The van der Waals surface area contributed by atoms with Crippen LogP contribution in [0.15, 0.2) is 0 Å². The van der Waals surface area contributed by atoms with Crippen molar-refractivity contribution in [2.45, 2.75) is 185 Å². The van der Waals surface area contributed by atoms with Crippen LogP contribution in [0.4, 0.5) is 0 Å². The summed E-state index contributed by atoms with van der Waals surface area (Å²) in [5, 5.41) is 0. The molecule has 5 aliphatic carbocycles. The van der Waals surface area contributed by atoms with Crippen LogP contribution in [0, 0.1) is 41.4 Å². The molecule has 5 aliphatic rings. The first-order chi connectivity index (χ1) is 19.0. The maximum Gasteiger partial charge on any atom is 0.0598 e. The standard InChI is InChI=1S/C37H70OSi2/c1-37(2,3)38-24-16-8-9-17-25-40(7,35-26-28(27-39(4,5)6)29-18-10-13-21-32(29)35)36-33-22-14-11-19-30(33)31-20-12-15-23-34(31)36/h28-36H,8-27H2,1-7H3/t28?,29?,30?,31?,32?,33?,34?,35?,36?,40-/m0/s1. The van der Waals surface area contributed by atoms with Crippen molar-refractivity contribution in [1.82, 2.24) is 0 Å². The summed E-state index contributed by atoms with van der Waals surface area (Å²) >= 11 is 0. The van der Waals surface area contributed by atoms with E-state index >= 15 is 0 Å². The average Bonchev–Trinajstić information content (AvgIpc) is 3.43. The molecule has 0 aliphatic heterocycles. The molecule has 5 fully saturated rings. The number of ether oxygens (including phenoxy) is 1. The predicted molar refractivity (Wildman–Crippen MR) is 181 cm³/mol. The van der Waals surface area contributed by atoms with Crippen molar-refractivity contribution in [1.29, 1.82) is 0 Å². The van der Waals surface area contributed by atoms with E-state index in [2.05, 4.69) is 47.0 Å². The molecule has 0 spiro atoms. The molecular formula is C37H70OSi2. The molecular weight excluding hydrogens is 517 g/mol. The van der Waals surface area contributed by atoms with Crippen LogP contribution in [-0.2, 0) is 4.74 Å². The van der Waals surface area contributed by atoms with Gasteiger partial charge in [-0.3, -0.25) is 0 Å². The fourth-order valence-corrected chi connectivity index (χ4v) is 21.6. The average molecular weight is 587 g/mol. The largest absolute Gasteiger partial charge is 0.376 e. The second-order valence-electron chi connectivity index (χ2n) is 18.4. The third-order valence-electron chi connectivity index (χ3n) is 13.4. The van der Waals surface area contributed by atoms with Gasteiger partial charge in [0, 0.05) is 14.7 Å². The normalized spacial score (nSPS) is 39.8. The zero-order valence-electron chi connectivity index (χ0n) is 28.2. The third-order valence-corrected chi connectivity index (χ3v) is 21.3. The Morgan fingerprint density at radius 3 is 1.65 bits per heavy atom. The first-order valence-electron chi connectivity index (χ1n) is 18.6. The summed E-state index contributed by atoms with van der Waals surface area (Å²) in [4.78, 5) is 0. The highest BCUT2D eigenvalue weighted by molar-refractivity contribution is 6.81. The van der Waals surface area contributed by atoms with Crippen LogP contribution in [0.1, 0.15) is 130 Å². The molecule has 0 aromatic carbocycles. The van der Waals surface area contributed by atoms with Crippen LogP contribution in [0.25, 0.3) is 0 Å². The van der Waals surface area contributed by atoms with Gasteiger partial charge in [-0.2, -0.15) is 0 Å². The van der Waals surface area contributed by atoms with Crippen LogP contribution in [0.2, 0.25) is 49.4 Å². The Balaban J connectivity index is 1.38. The molecule has 0 aromatic rings. The van der Waals surface area contributed by atoms with E-state index in [0.29, 0.717) is 0 Å². The van der Waals surface area contributed by atoms with Gasteiger partial charge >= 0.3 is 0 Å². The lowest BCUT2D eigenvalue weighted by Gasteiger charge is -2.49. The summed E-state index contributed by atoms with van der Waals surface area (Å²) in [7, 11) is -2.47. The zero-order valence-corrected chi connectivity index (χ0v) is 30.2. The first-order valence-corrected chi connectivity index (χ1v) is 25.2. The fourth-order valence-electron chi connectivity index (χ4n) is 12.3. The zero-order chi connectivity index (χ0) is 28.5. The van der Waals surface area contributed by atoms with E-state index in [0.717, 1.165) is 53.6 Å². The van der Waals surface area contributed by atoms with E-state index in [1.165, 1.54) is 31.2 Å². The maximum atomic E-state index is 6.08. The van der Waals surface area contributed by atoms with Crippen molar-refractivity contribution >= 4 is 16.1 Å². The van der Waals surface area contributed by atoms with Crippen LogP contribution < -0.4 is 0 Å². The van der Waals surface area contributed by atoms with Crippen molar-refractivity contribution in [2.24, 2.45) is 41.4 Å². The molecule has 8 unspecified atom stereocenters. The van der Waals surface area contributed by atoms with E-state index < -0.39 is 16.1 Å². The second kappa shape index (κ2) is 13.2. The smallest absolute Gasteiger partial charge is 0.0598 e. The highest BCUT2D eigenvalue weighted by atomic mass is 28.3. The second-order valence-corrected chi connectivity index (χ2v) is 28.8. The van der Waals surface area contributed by atoms with Crippen molar-refractivity contribution in [3.63, 3.8) is 0 Å². The molecule has 5 rings (SSSR count). The Kier molecular flexibility index (Phi) is 10.5. The molecule has 0 saturated heterocycles. The van der Waals surface area contributed by atoms with Crippen molar-refractivity contribution < 1.29 is 4.74 Å². The Labute approximate surface area is 253 Å². The number of fused-ring (bicyclic) bond motifs is 4. The van der Waals surface area contributed by atoms with E-state index in [1.54, 1.807) is 95.6 Å². The van der Waals surface area contributed by atoms with Gasteiger partial charge in [0.1, 0.15) is 0 Å². The Hall–Kier alpha value is 0.394. The highest BCUT2D eigenvalue weighted by Gasteiger charge is 2.62. The molecule has 0 bridgehead atoms. The summed E-state index contributed by atoms with van der Waals surface area (Å²) in [5.74, 6) is 7.86. The van der Waals surface area contributed by atoms with Gasteiger partial charge in [-0.1, -0.05) is 115 Å². The van der Waals surface area contributed by atoms with Crippen molar-refractivity contribution in [2.75, 3.05) is 6.61 Å². The van der Waals surface area contributed by atoms with Gasteiger partial charge in [0.25, 0.3) is 0 Å². The van der Waals surface area contributed by atoms with Gasteiger partial charge in [0.2, 0.25) is 0 Å². The van der Waals surface area contributed by atoms with E-state index in [4.69, 9.17) is 4.74 Å². The maximum absolute atomic E-state index is 6.08. The summed E-state index contributed by atoms with van der Waals surface area (Å²) < 4.78 is 6.08. The number of rotatable bonds is 11. The Morgan fingerprint density at radius 2 is 1.10 bits per heavy atom. The third kappa shape index (κ3) is 7.19. The van der Waals surface area contributed by atoms with Gasteiger partial charge in [-0.05, 0) is 105 Å². The number of hydrogen-bond donors (Lipinski definition) is 0. The summed E-state index contributed by atoms with van der Waals surface area (Å²) in [6.45, 7) is 18.7. The van der Waals surface area contributed by atoms with Crippen LogP contribution in [0.5, 0.6) is 0 Å². The monoisotopic (exact) mass is 586 g/mol. The van der Waals surface area contributed by atoms with Crippen LogP contribution >= 0.6 is 0 Å². The van der Waals surface area contributed by atoms with Gasteiger partial charge < -0.3 is 4.74 Å². The van der Waals surface area contributed by atoms with Gasteiger partial charge in [0.05, 0.1) is 13.7 Å². The van der Waals surface area contributed by atoms with Crippen molar-refractivity contribution in [3.8, 4) is 0 Å². The predicted octanol–water partition coefficient (Wildman–Crippen LogP) is 12.0. The lowest BCUT2D eigenvalue weighted by atomic mass is 9.73. The van der Waals surface area contributed by atoms with E-state index in [9.17, 15) is 0 Å². The quantitative estimate of drug-likeness (QED) is 0.173. The fraction of sp³-hybridized carbons (Fsp3) is 1.00. The molecule has 232 valence electrons. The molecule has 0 radical (unpaired) electrons. The first kappa shape index (κ1) is 31.8. The molecule has 0 aromatic heterocycles. The molecule has 3 heteroatoms. The van der Waals surface area contributed by atoms with Crippen LogP contribution in [0.3, 0.4) is 0 Å². The summed E-state index contributed by atoms with van der Waals surface area (Å²) in [6.07, 6.45) is 26.3. The molecule has 1 nitrogen and oxygen atoms in total. The Bertz CT molecular complexity index is 775. The van der Waals surface area contributed by atoms with Gasteiger partial charge in [-0.25, -0.2) is 0 Å². The summed E-state index contributed by atoms with van der Waals surface area (Å²) in [6, 6.07) is 3.31. The van der Waals surface area contributed by atoms with E-state index in [-0.39, 0.29) is 5.60 Å². The Morgan fingerprint density at radius 1 is 0.600 bits per heavy atom. The number of hydrogen-bond acceptors (Lipinski definition) is 1. The molecule has 9 atom stereocenters. The molecule has 5 saturated carbocycles. The highest BCUT2D eigenvalue weighted by Crippen LogP contribution is 2.69. The summed E-state index contributed by atoms with van der Waals surface area (Å²) in [5.41, 5.74) is 2.37. The van der Waals surface area contributed by atoms with Gasteiger partial charge in [0.15, 0.2) is 0 Å². The molecule has 40 heavy (non-hydrogen) atoms. The molecule has 0 amide bonds. The van der Waals surface area contributed by atoms with Crippen LogP contribution in [-0.4, -0.2) is 28.4 Å². The lowest BCUT2D eigenvalue weighted by molar-refractivity contribution is -0.00471.